The SMILES string of the molecule is Cc1nn(Cc2ccccc2Cl)c(Cl)c1C(=O)N1CC[C@@H](C(=O)O)C1. The lowest BCUT2D eigenvalue weighted by Gasteiger charge is -2.15. The van der Waals surface area contributed by atoms with Crippen LogP contribution < -0.4 is 0 Å². The van der Waals surface area contributed by atoms with Crippen molar-refractivity contribution in [2.45, 2.75) is 19.9 Å². The largest absolute Gasteiger partial charge is 0.481 e. The number of amides is 1. The van der Waals surface area contributed by atoms with Gasteiger partial charge in [-0.25, -0.2) is 4.68 Å². The fourth-order valence-electron chi connectivity index (χ4n) is 2.99. The molecular weight excluding hydrogens is 365 g/mol. The normalized spacial score (nSPS) is 17.1. The van der Waals surface area contributed by atoms with E-state index in [1.54, 1.807) is 13.0 Å². The minimum atomic E-state index is -0.882. The van der Waals surface area contributed by atoms with E-state index in [0.717, 1.165) is 5.56 Å². The number of halogens is 2. The zero-order chi connectivity index (χ0) is 18.1. The Morgan fingerprint density at radius 3 is 2.68 bits per heavy atom. The topological polar surface area (TPSA) is 75.4 Å². The number of aryl methyl sites for hydroxylation is 1. The van der Waals surface area contributed by atoms with Crippen LogP contribution in [0.3, 0.4) is 0 Å². The van der Waals surface area contributed by atoms with Crippen LogP contribution in [0.2, 0.25) is 10.2 Å². The summed E-state index contributed by atoms with van der Waals surface area (Å²) in [6.07, 6.45) is 0.450. The summed E-state index contributed by atoms with van der Waals surface area (Å²) in [5.74, 6) is -1.69. The second kappa shape index (κ2) is 7.06. The first-order valence-electron chi connectivity index (χ1n) is 7.87. The van der Waals surface area contributed by atoms with Crippen LogP contribution in [0.1, 0.15) is 28.0 Å². The molecule has 25 heavy (non-hydrogen) atoms. The quantitative estimate of drug-likeness (QED) is 0.882. The lowest BCUT2D eigenvalue weighted by atomic mass is 10.1. The van der Waals surface area contributed by atoms with E-state index in [1.807, 2.05) is 18.2 Å². The summed E-state index contributed by atoms with van der Waals surface area (Å²) in [6.45, 7) is 2.66. The van der Waals surface area contributed by atoms with E-state index in [-0.39, 0.29) is 17.6 Å². The van der Waals surface area contributed by atoms with Crippen LogP contribution in [0.15, 0.2) is 24.3 Å². The van der Waals surface area contributed by atoms with E-state index in [2.05, 4.69) is 5.10 Å². The number of carbonyl (C=O) groups is 2. The molecule has 6 nitrogen and oxygen atoms in total. The van der Waals surface area contributed by atoms with Crippen molar-refractivity contribution in [3.05, 3.63) is 51.3 Å². The monoisotopic (exact) mass is 381 g/mol. The Labute approximate surface area is 154 Å². The Hall–Kier alpha value is -2.05. The second-order valence-electron chi connectivity index (χ2n) is 6.08. The maximum atomic E-state index is 12.8. The van der Waals surface area contributed by atoms with Gasteiger partial charge in [-0.3, -0.25) is 9.59 Å². The van der Waals surface area contributed by atoms with Crippen LogP contribution >= 0.6 is 23.2 Å². The number of carbonyl (C=O) groups excluding carboxylic acids is 1. The fraction of sp³-hybridized carbons (Fsp3) is 0.353. The van der Waals surface area contributed by atoms with Crippen LogP contribution in [0.4, 0.5) is 0 Å². The minimum absolute atomic E-state index is 0.194. The number of aliphatic carboxylic acids is 1. The molecule has 0 spiro atoms. The van der Waals surface area contributed by atoms with Crippen LogP contribution in [0, 0.1) is 12.8 Å². The standard InChI is InChI=1S/C17H17Cl2N3O3/c1-10-14(16(23)21-7-6-12(8-21)17(24)25)15(19)22(20-10)9-11-4-2-3-5-13(11)18/h2-5,12H,6-9H2,1H3,(H,24,25)/t12-/m1/s1. The van der Waals surface area contributed by atoms with Crippen molar-refractivity contribution in [3.8, 4) is 0 Å². The highest BCUT2D eigenvalue weighted by Crippen LogP contribution is 2.27. The Kier molecular flexibility index (Phi) is 5.01. The maximum Gasteiger partial charge on any atom is 0.308 e. The number of hydrogen-bond donors (Lipinski definition) is 1. The summed E-state index contributed by atoms with van der Waals surface area (Å²) in [5.41, 5.74) is 1.68. The molecule has 1 N–H and O–H groups in total. The summed E-state index contributed by atoms with van der Waals surface area (Å²) in [7, 11) is 0. The number of hydrogen-bond acceptors (Lipinski definition) is 3. The Balaban J connectivity index is 1.84. The molecule has 0 unspecified atom stereocenters. The molecule has 1 aliphatic rings. The van der Waals surface area contributed by atoms with E-state index in [9.17, 15) is 9.59 Å². The third kappa shape index (κ3) is 3.50. The van der Waals surface area contributed by atoms with Gasteiger partial charge in [-0.1, -0.05) is 41.4 Å². The number of nitrogens with zero attached hydrogens (tertiary/aromatic N) is 3. The molecule has 0 saturated carbocycles. The Morgan fingerprint density at radius 1 is 1.32 bits per heavy atom. The van der Waals surface area contributed by atoms with Crippen molar-refractivity contribution in [3.63, 3.8) is 0 Å². The van der Waals surface area contributed by atoms with Crippen LogP contribution in [0.25, 0.3) is 0 Å². The Bertz CT molecular complexity index is 835. The molecule has 1 saturated heterocycles. The van der Waals surface area contributed by atoms with E-state index in [1.165, 1.54) is 9.58 Å². The summed E-state index contributed by atoms with van der Waals surface area (Å²) in [5, 5.41) is 14.3. The molecule has 0 aliphatic carbocycles. The molecule has 1 fully saturated rings. The molecule has 1 aromatic heterocycles. The van der Waals surface area contributed by atoms with Gasteiger partial charge >= 0.3 is 5.97 Å². The molecule has 8 heteroatoms. The number of carboxylic acids is 1. The third-order valence-electron chi connectivity index (χ3n) is 4.38. The van der Waals surface area contributed by atoms with E-state index >= 15 is 0 Å². The van der Waals surface area contributed by atoms with Gasteiger partial charge in [0.2, 0.25) is 0 Å². The average molecular weight is 382 g/mol. The first-order valence-corrected chi connectivity index (χ1v) is 8.62. The van der Waals surface area contributed by atoms with Crippen molar-refractivity contribution in [2.24, 2.45) is 5.92 Å². The van der Waals surface area contributed by atoms with Gasteiger partial charge in [0.1, 0.15) is 5.15 Å². The smallest absolute Gasteiger partial charge is 0.308 e. The molecule has 1 atom stereocenters. The summed E-state index contributed by atoms with van der Waals surface area (Å²) < 4.78 is 1.54. The van der Waals surface area contributed by atoms with Crippen molar-refractivity contribution in [2.75, 3.05) is 13.1 Å². The number of aromatic nitrogens is 2. The molecule has 1 aromatic carbocycles. The number of rotatable bonds is 4. The van der Waals surface area contributed by atoms with Gasteiger partial charge in [-0.05, 0) is 25.0 Å². The molecule has 1 aliphatic heterocycles. The zero-order valence-electron chi connectivity index (χ0n) is 13.6. The van der Waals surface area contributed by atoms with Gasteiger partial charge in [0, 0.05) is 18.1 Å². The summed E-state index contributed by atoms with van der Waals surface area (Å²) in [6, 6.07) is 7.36. The zero-order valence-corrected chi connectivity index (χ0v) is 15.1. The number of carboxylic acid groups (broad SMARTS) is 1. The lowest BCUT2D eigenvalue weighted by Crippen LogP contribution is -2.30. The van der Waals surface area contributed by atoms with Gasteiger partial charge in [-0.2, -0.15) is 5.10 Å². The molecule has 2 heterocycles. The summed E-state index contributed by atoms with van der Waals surface area (Å²) in [4.78, 5) is 25.4. The first-order chi connectivity index (χ1) is 11.9. The van der Waals surface area contributed by atoms with Gasteiger partial charge in [0.15, 0.2) is 0 Å². The molecule has 132 valence electrons. The van der Waals surface area contributed by atoms with E-state index < -0.39 is 11.9 Å². The molecule has 2 aromatic rings. The molecular formula is C17H17Cl2N3O3. The van der Waals surface area contributed by atoms with Crippen molar-refractivity contribution >= 4 is 35.1 Å². The van der Waals surface area contributed by atoms with E-state index in [0.29, 0.717) is 35.8 Å². The van der Waals surface area contributed by atoms with Gasteiger partial charge in [0.05, 0.1) is 23.7 Å². The predicted molar refractivity (Wildman–Crippen MR) is 94.2 cm³/mol. The summed E-state index contributed by atoms with van der Waals surface area (Å²) >= 11 is 12.6. The van der Waals surface area contributed by atoms with Crippen molar-refractivity contribution in [1.29, 1.82) is 0 Å². The number of likely N-dealkylation sites (tertiary alicyclic amines) is 1. The predicted octanol–water partition coefficient (Wildman–Crippen LogP) is 3.09. The molecule has 3 rings (SSSR count). The fourth-order valence-corrected chi connectivity index (χ4v) is 3.50. The second-order valence-corrected chi connectivity index (χ2v) is 6.84. The molecule has 1 amide bonds. The first kappa shape index (κ1) is 17.8. The van der Waals surface area contributed by atoms with Crippen LogP contribution in [0.5, 0.6) is 0 Å². The highest BCUT2D eigenvalue weighted by atomic mass is 35.5. The molecule has 0 bridgehead atoms. The lowest BCUT2D eigenvalue weighted by molar-refractivity contribution is -0.141. The van der Waals surface area contributed by atoms with Crippen LogP contribution in [-0.4, -0.2) is 44.8 Å². The van der Waals surface area contributed by atoms with E-state index in [4.69, 9.17) is 28.3 Å². The van der Waals surface area contributed by atoms with Crippen molar-refractivity contribution < 1.29 is 14.7 Å². The van der Waals surface area contributed by atoms with Gasteiger partial charge in [0.25, 0.3) is 5.91 Å². The van der Waals surface area contributed by atoms with Crippen molar-refractivity contribution in [1.82, 2.24) is 14.7 Å². The highest BCUT2D eigenvalue weighted by molar-refractivity contribution is 6.33. The van der Waals surface area contributed by atoms with Gasteiger partial charge in [-0.15, -0.1) is 0 Å². The number of benzene rings is 1. The molecule has 0 radical (unpaired) electrons. The average Bonchev–Trinajstić information content (AvgIpc) is 3.15. The van der Waals surface area contributed by atoms with Gasteiger partial charge < -0.3 is 10.0 Å². The maximum absolute atomic E-state index is 12.8. The minimum Gasteiger partial charge on any atom is -0.481 e. The third-order valence-corrected chi connectivity index (χ3v) is 5.13. The highest BCUT2D eigenvalue weighted by Gasteiger charge is 2.33. The van der Waals surface area contributed by atoms with Crippen LogP contribution in [-0.2, 0) is 11.3 Å². The Morgan fingerprint density at radius 2 is 2.04 bits per heavy atom.